The molecular formula is C13H18FNO3. The Hall–Kier alpha value is -1.46. The van der Waals surface area contributed by atoms with Gasteiger partial charge in [0.2, 0.25) is 0 Å². The molecule has 0 aliphatic rings. The van der Waals surface area contributed by atoms with Crippen molar-refractivity contribution in [1.82, 2.24) is 5.32 Å². The van der Waals surface area contributed by atoms with Gasteiger partial charge in [-0.1, -0.05) is 6.92 Å². The molecule has 100 valence electrons. The lowest BCUT2D eigenvalue weighted by Crippen LogP contribution is -2.36. The minimum absolute atomic E-state index is 0.115. The van der Waals surface area contributed by atoms with E-state index in [0.29, 0.717) is 17.5 Å². The summed E-state index contributed by atoms with van der Waals surface area (Å²) in [5.74, 6) is -0.726. The van der Waals surface area contributed by atoms with Gasteiger partial charge in [-0.15, -0.1) is 0 Å². The third-order valence-corrected chi connectivity index (χ3v) is 2.66. The molecule has 4 nitrogen and oxygen atoms in total. The molecule has 1 rings (SSSR count). The number of hydrogen-bond acceptors (Lipinski definition) is 3. The van der Waals surface area contributed by atoms with E-state index in [2.05, 4.69) is 5.32 Å². The van der Waals surface area contributed by atoms with Gasteiger partial charge < -0.3 is 15.2 Å². The molecule has 0 spiro atoms. The number of ether oxygens (including phenoxy) is 1. The Labute approximate surface area is 106 Å². The van der Waals surface area contributed by atoms with E-state index < -0.39 is 5.82 Å². The highest BCUT2D eigenvalue weighted by molar-refractivity contribution is 5.94. The summed E-state index contributed by atoms with van der Waals surface area (Å²) in [5, 5.41) is 11.7. The van der Waals surface area contributed by atoms with Gasteiger partial charge in [0, 0.05) is 18.2 Å². The molecule has 0 aromatic heterocycles. The van der Waals surface area contributed by atoms with Crippen LogP contribution < -0.4 is 5.32 Å². The summed E-state index contributed by atoms with van der Waals surface area (Å²) in [7, 11) is 1.46. The molecule has 0 bridgehead atoms. The van der Waals surface area contributed by atoms with Gasteiger partial charge in [0.15, 0.2) is 0 Å². The Bertz CT molecular complexity index is 405. The molecule has 2 N–H and O–H groups in total. The number of rotatable bonds is 6. The van der Waals surface area contributed by atoms with Crippen LogP contribution in [0.4, 0.5) is 4.39 Å². The molecule has 1 unspecified atom stereocenters. The van der Waals surface area contributed by atoms with Crippen LogP contribution in [0.25, 0.3) is 0 Å². The number of methoxy groups -OCH3 is 1. The lowest BCUT2D eigenvalue weighted by atomic mass is 10.1. The van der Waals surface area contributed by atoms with Crippen LogP contribution in [0, 0.1) is 5.82 Å². The molecule has 0 radical (unpaired) electrons. The van der Waals surface area contributed by atoms with E-state index in [4.69, 9.17) is 9.84 Å². The maximum absolute atomic E-state index is 13.4. The zero-order valence-electron chi connectivity index (χ0n) is 10.6. The van der Waals surface area contributed by atoms with Crippen molar-refractivity contribution in [2.24, 2.45) is 0 Å². The first-order chi connectivity index (χ1) is 8.62. The van der Waals surface area contributed by atoms with Crippen molar-refractivity contribution in [3.05, 3.63) is 35.1 Å². The number of carbonyl (C=O) groups is 1. The molecule has 0 fully saturated rings. The van der Waals surface area contributed by atoms with Gasteiger partial charge in [-0.25, -0.2) is 4.39 Å². The number of carbonyl (C=O) groups excluding carboxylic acids is 1. The Morgan fingerprint density at radius 2 is 2.28 bits per heavy atom. The minimum Gasteiger partial charge on any atom is -0.394 e. The fraction of sp³-hybridized carbons (Fsp3) is 0.462. The summed E-state index contributed by atoms with van der Waals surface area (Å²) in [4.78, 5) is 11.9. The van der Waals surface area contributed by atoms with Crippen molar-refractivity contribution in [3.8, 4) is 0 Å². The van der Waals surface area contributed by atoms with Crippen LogP contribution in [0.5, 0.6) is 0 Å². The molecule has 1 atom stereocenters. The molecule has 0 aliphatic carbocycles. The number of aliphatic hydroxyl groups excluding tert-OH is 1. The van der Waals surface area contributed by atoms with E-state index in [-0.39, 0.29) is 25.2 Å². The van der Waals surface area contributed by atoms with Gasteiger partial charge in [0.05, 0.1) is 19.3 Å². The topological polar surface area (TPSA) is 58.6 Å². The average molecular weight is 255 g/mol. The smallest absolute Gasteiger partial charge is 0.251 e. The number of halogens is 1. The number of benzene rings is 1. The van der Waals surface area contributed by atoms with Crippen LogP contribution in [0.3, 0.4) is 0 Å². The predicted molar refractivity (Wildman–Crippen MR) is 65.7 cm³/mol. The quantitative estimate of drug-likeness (QED) is 0.809. The first-order valence-corrected chi connectivity index (χ1v) is 5.81. The second-order valence-electron chi connectivity index (χ2n) is 4.00. The zero-order chi connectivity index (χ0) is 13.5. The van der Waals surface area contributed by atoms with Crippen molar-refractivity contribution in [2.45, 2.75) is 26.0 Å². The highest BCUT2D eigenvalue weighted by Crippen LogP contribution is 2.12. The van der Waals surface area contributed by atoms with Crippen LogP contribution in [0.15, 0.2) is 18.2 Å². The summed E-state index contributed by atoms with van der Waals surface area (Å²) in [6, 6.07) is 3.82. The van der Waals surface area contributed by atoms with E-state index in [1.807, 2.05) is 6.92 Å². The normalized spacial score (nSPS) is 12.2. The van der Waals surface area contributed by atoms with Gasteiger partial charge in [-0.3, -0.25) is 4.79 Å². The summed E-state index contributed by atoms with van der Waals surface area (Å²) in [5.41, 5.74) is 0.692. The zero-order valence-corrected chi connectivity index (χ0v) is 10.6. The Balaban J connectivity index is 2.82. The van der Waals surface area contributed by atoms with E-state index in [1.54, 1.807) is 0 Å². The van der Waals surface area contributed by atoms with E-state index >= 15 is 0 Å². The van der Waals surface area contributed by atoms with E-state index in [0.717, 1.165) is 0 Å². The van der Waals surface area contributed by atoms with E-state index in [9.17, 15) is 9.18 Å². The maximum atomic E-state index is 13.4. The molecule has 1 aromatic rings. The lowest BCUT2D eigenvalue weighted by Gasteiger charge is -2.14. The molecule has 1 amide bonds. The SMILES string of the molecule is CCC(CO)NC(=O)c1ccc(F)c(COC)c1. The fourth-order valence-electron chi connectivity index (χ4n) is 1.53. The minimum atomic E-state index is -0.400. The second-order valence-corrected chi connectivity index (χ2v) is 4.00. The molecule has 0 saturated carbocycles. The van der Waals surface area contributed by atoms with Crippen molar-refractivity contribution >= 4 is 5.91 Å². The van der Waals surface area contributed by atoms with Gasteiger partial charge in [-0.05, 0) is 24.6 Å². The molecule has 0 heterocycles. The predicted octanol–water partition coefficient (Wildman–Crippen LogP) is 1.47. The van der Waals surface area contributed by atoms with E-state index in [1.165, 1.54) is 25.3 Å². The highest BCUT2D eigenvalue weighted by Gasteiger charge is 2.13. The molecule has 5 heteroatoms. The summed E-state index contributed by atoms with van der Waals surface area (Å²) < 4.78 is 18.2. The monoisotopic (exact) mass is 255 g/mol. The van der Waals surface area contributed by atoms with Crippen molar-refractivity contribution in [1.29, 1.82) is 0 Å². The van der Waals surface area contributed by atoms with Crippen molar-refractivity contribution in [3.63, 3.8) is 0 Å². The Kier molecular flexibility index (Phi) is 5.74. The number of nitrogens with one attached hydrogen (secondary N) is 1. The second kappa shape index (κ2) is 7.08. The summed E-state index contributed by atoms with van der Waals surface area (Å²) in [6.07, 6.45) is 0.633. The van der Waals surface area contributed by atoms with Crippen LogP contribution in [-0.4, -0.2) is 30.8 Å². The molecule has 0 saturated heterocycles. The van der Waals surface area contributed by atoms with Gasteiger partial charge in [0.25, 0.3) is 5.91 Å². The number of amides is 1. The third kappa shape index (κ3) is 3.78. The fourth-order valence-corrected chi connectivity index (χ4v) is 1.53. The number of aliphatic hydroxyl groups is 1. The Morgan fingerprint density at radius 1 is 1.56 bits per heavy atom. The van der Waals surface area contributed by atoms with Crippen LogP contribution >= 0.6 is 0 Å². The maximum Gasteiger partial charge on any atom is 0.251 e. The van der Waals surface area contributed by atoms with Gasteiger partial charge in [0.1, 0.15) is 5.82 Å². The molecule has 1 aromatic carbocycles. The third-order valence-electron chi connectivity index (χ3n) is 2.66. The molecular weight excluding hydrogens is 237 g/mol. The first-order valence-electron chi connectivity index (χ1n) is 5.81. The van der Waals surface area contributed by atoms with Crippen molar-refractivity contribution in [2.75, 3.05) is 13.7 Å². The Morgan fingerprint density at radius 3 is 2.83 bits per heavy atom. The van der Waals surface area contributed by atoms with Gasteiger partial charge in [-0.2, -0.15) is 0 Å². The average Bonchev–Trinajstić information content (AvgIpc) is 2.38. The summed E-state index contributed by atoms with van der Waals surface area (Å²) in [6.45, 7) is 1.86. The molecule has 18 heavy (non-hydrogen) atoms. The van der Waals surface area contributed by atoms with Crippen LogP contribution in [0.2, 0.25) is 0 Å². The molecule has 0 aliphatic heterocycles. The highest BCUT2D eigenvalue weighted by atomic mass is 19.1. The van der Waals surface area contributed by atoms with Gasteiger partial charge >= 0.3 is 0 Å². The largest absolute Gasteiger partial charge is 0.394 e. The standard InChI is InChI=1S/C13H18FNO3/c1-3-11(7-16)15-13(17)9-4-5-12(14)10(6-9)8-18-2/h4-6,11,16H,3,7-8H2,1-2H3,(H,15,17). The lowest BCUT2D eigenvalue weighted by molar-refractivity contribution is 0.0914. The first kappa shape index (κ1) is 14.6. The number of hydrogen-bond donors (Lipinski definition) is 2. The van der Waals surface area contributed by atoms with Crippen molar-refractivity contribution < 1.29 is 19.0 Å². The van der Waals surface area contributed by atoms with Crippen LogP contribution in [0.1, 0.15) is 29.3 Å². The summed E-state index contributed by atoms with van der Waals surface area (Å²) >= 11 is 0. The van der Waals surface area contributed by atoms with Crippen LogP contribution in [-0.2, 0) is 11.3 Å².